The van der Waals surface area contributed by atoms with Gasteiger partial charge in [-0.3, -0.25) is 4.98 Å². The van der Waals surface area contributed by atoms with Crippen molar-refractivity contribution in [1.82, 2.24) is 10.3 Å². The topological polar surface area (TPSA) is 24.9 Å². The molecule has 0 radical (unpaired) electrons. The number of hydrogen-bond acceptors (Lipinski definition) is 2. The number of hydrogen-bond donors (Lipinski definition) is 1. The summed E-state index contributed by atoms with van der Waals surface area (Å²) in [6.45, 7) is 5.41. The lowest BCUT2D eigenvalue weighted by Gasteiger charge is -2.26. The first-order chi connectivity index (χ1) is 10.1. The second-order valence-corrected chi connectivity index (χ2v) is 7.01. The van der Waals surface area contributed by atoms with Gasteiger partial charge in [-0.15, -0.1) is 0 Å². The Morgan fingerprint density at radius 1 is 1.14 bits per heavy atom. The molecule has 0 aliphatic rings. The fraction of sp³-hybridized carbons (Fsp3) is 0.353. The molecule has 0 aliphatic heterocycles. The maximum atomic E-state index is 4.51. The second-order valence-electron chi connectivity index (χ2n) is 5.18. The maximum Gasteiger partial charge on any atom is 0.0450 e. The quantitative estimate of drug-likeness (QED) is 0.683. The van der Waals surface area contributed by atoms with Gasteiger partial charge in [0, 0.05) is 32.8 Å². The van der Waals surface area contributed by atoms with Crippen molar-refractivity contribution in [3.8, 4) is 0 Å². The van der Waals surface area contributed by atoms with E-state index in [1.165, 1.54) is 5.56 Å². The highest BCUT2D eigenvalue weighted by Gasteiger charge is 2.21. The Morgan fingerprint density at radius 2 is 1.86 bits per heavy atom. The molecule has 2 atom stereocenters. The normalized spacial score (nSPS) is 13.9. The Kier molecular flexibility index (Phi) is 6.40. The van der Waals surface area contributed by atoms with E-state index in [-0.39, 0.29) is 6.04 Å². The van der Waals surface area contributed by atoms with E-state index in [2.05, 4.69) is 80.3 Å². The number of rotatable bonds is 6. The van der Waals surface area contributed by atoms with Gasteiger partial charge in [0.25, 0.3) is 0 Å². The molecular formula is C17H20Br2N2. The first-order valence-corrected chi connectivity index (χ1v) is 8.80. The molecule has 1 N–H and O–H groups in total. The molecule has 0 saturated heterocycles. The molecule has 2 aromatic rings. The third-order valence-corrected chi connectivity index (χ3v) is 4.43. The summed E-state index contributed by atoms with van der Waals surface area (Å²) in [5, 5.41) is 3.66. The van der Waals surface area contributed by atoms with Gasteiger partial charge >= 0.3 is 0 Å². The number of halogens is 2. The van der Waals surface area contributed by atoms with E-state index in [0.29, 0.717) is 5.92 Å². The molecule has 1 aromatic carbocycles. The zero-order chi connectivity index (χ0) is 15.2. The van der Waals surface area contributed by atoms with Crippen LogP contribution in [0.3, 0.4) is 0 Å². The molecule has 0 fully saturated rings. The van der Waals surface area contributed by atoms with Crippen LogP contribution in [0, 0.1) is 0 Å². The van der Waals surface area contributed by atoms with Crippen LogP contribution in [-0.2, 0) is 0 Å². The van der Waals surface area contributed by atoms with Crippen molar-refractivity contribution in [3.63, 3.8) is 0 Å². The van der Waals surface area contributed by atoms with E-state index in [4.69, 9.17) is 0 Å². The predicted molar refractivity (Wildman–Crippen MR) is 95.5 cm³/mol. The van der Waals surface area contributed by atoms with Crippen molar-refractivity contribution in [2.45, 2.75) is 32.2 Å². The van der Waals surface area contributed by atoms with Crippen LogP contribution in [0.4, 0.5) is 0 Å². The van der Waals surface area contributed by atoms with E-state index in [9.17, 15) is 0 Å². The van der Waals surface area contributed by atoms with E-state index in [1.54, 1.807) is 0 Å². The Balaban J connectivity index is 2.33. The first-order valence-electron chi connectivity index (χ1n) is 7.22. The van der Waals surface area contributed by atoms with Crippen molar-refractivity contribution >= 4 is 31.9 Å². The molecule has 2 rings (SSSR count). The highest BCUT2D eigenvalue weighted by molar-refractivity contribution is 9.11. The summed E-state index contributed by atoms with van der Waals surface area (Å²) in [6.07, 6.45) is 2.97. The van der Waals surface area contributed by atoms with Crippen molar-refractivity contribution in [3.05, 3.63) is 62.8 Å². The summed E-state index contributed by atoms with van der Waals surface area (Å²) >= 11 is 7.16. The van der Waals surface area contributed by atoms with Gasteiger partial charge in [0.15, 0.2) is 0 Å². The van der Waals surface area contributed by atoms with Crippen LogP contribution in [0.1, 0.15) is 43.5 Å². The zero-order valence-electron chi connectivity index (χ0n) is 12.3. The molecule has 0 saturated carbocycles. The van der Waals surface area contributed by atoms with E-state index in [0.717, 1.165) is 27.6 Å². The lowest BCUT2D eigenvalue weighted by Crippen LogP contribution is -2.27. The van der Waals surface area contributed by atoms with Gasteiger partial charge in [-0.2, -0.15) is 0 Å². The molecule has 112 valence electrons. The molecule has 0 amide bonds. The van der Waals surface area contributed by atoms with Crippen LogP contribution < -0.4 is 5.32 Å². The molecule has 4 heteroatoms. The molecule has 0 aliphatic carbocycles. The van der Waals surface area contributed by atoms with Crippen LogP contribution in [0.2, 0.25) is 0 Å². The van der Waals surface area contributed by atoms with Crippen LogP contribution >= 0.6 is 31.9 Å². The standard InChI is InChI=1S/C17H20Br2N2/c1-3-7-21-17(12(2)16-6-4-5-8-20-16)13-9-14(18)11-15(19)10-13/h4-6,8-12,17,21H,3,7H2,1-2H3. The third-order valence-electron chi connectivity index (χ3n) is 3.51. The highest BCUT2D eigenvalue weighted by Crippen LogP contribution is 2.32. The van der Waals surface area contributed by atoms with Crippen LogP contribution in [0.15, 0.2) is 51.5 Å². The summed E-state index contributed by atoms with van der Waals surface area (Å²) in [5.74, 6) is 0.305. The second kappa shape index (κ2) is 8.06. The summed E-state index contributed by atoms with van der Waals surface area (Å²) in [5.41, 5.74) is 2.38. The van der Waals surface area contributed by atoms with Gasteiger partial charge in [0.1, 0.15) is 0 Å². The molecule has 0 spiro atoms. The van der Waals surface area contributed by atoms with Crippen LogP contribution in [-0.4, -0.2) is 11.5 Å². The SMILES string of the molecule is CCCNC(c1cc(Br)cc(Br)c1)C(C)c1ccccn1. The van der Waals surface area contributed by atoms with E-state index < -0.39 is 0 Å². The molecule has 1 aromatic heterocycles. The van der Waals surface area contributed by atoms with Crippen LogP contribution in [0.25, 0.3) is 0 Å². The minimum atomic E-state index is 0.244. The van der Waals surface area contributed by atoms with Gasteiger partial charge in [0.05, 0.1) is 0 Å². The molecule has 21 heavy (non-hydrogen) atoms. The van der Waals surface area contributed by atoms with Gasteiger partial charge < -0.3 is 5.32 Å². The smallest absolute Gasteiger partial charge is 0.0450 e. The minimum absolute atomic E-state index is 0.244. The Morgan fingerprint density at radius 3 is 2.43 bits per heavy atom. The maximum absolute atomic E-state index is 4.51. The van der Waals surface area contributed by atoms with Crippen molar-refractivity contribution in [1.29, 1.82) is 0 Å². The zero-order valence-corrected chi connectivity index (χ0v) is 15.5. The van der Waals surface area contributed by atoms with E-state index in [1.807, 2.05) is 18.3 Å². The fourth-order valence-electron chi connectivity index (χ4n) is 2.45. The predicted octanol–water partition coefficient (Wildman–Crippen LogP) is 5.45. The Hall–Kier alpha value is -0.710. The fourth-order valence-corrected chi connectivity index (χ4v) is 3.78. The Bertz CT molecular complexity index is 552. The highest BCUT2D eigenvalue weighted by atomic mass is 79.9. The summed E-state index contributed by atoms with van der Waals surface area (Å²) < 4.78 is 2.17. The summed E-state index contributed by atoms with van der Waals surface area (Å²) in [7, 11) is 0. The largest absolute Gasteiger partial charge is 0.309 e. The summed E-state index contributed by atoms with van der Waals surface area (Å²) in [6, 6.07) is 12.8. The molecular weight excluding hydrogens is 392 g/mol. The van der Waals surface area contributed by atoms with Gasteiger partial charge in [-0.25, -0.2) is 0 Å². The monoisotopic (exact) mass is 410 g/mol. The molecule has 2 unspecified atom stereocenters. The number of nitrogens with zero attached hydrogens (tertiary/aromatic N) is 1. The molecule has 2 nitrogen and oxygen atoms in total. The third kappa shape index (κ3) is 4.63. The average Bonchev–Trinajstić information content (AvgIpc) is 2.47. The number of pyridine rings is 1. The number of benzene rings is 1. The molecule has 0 bridgehead atoms. The molecule has 1 heterocycles. The van der Waals surface area contributed by atoms with Crippen LogP contribution in [0.5, 0.6) is 0 Å². The van der Waals surface area contributed by atoms with Crippen molar-refractivity contribution in [2.24, 2.45) is 0 Å². The first kappa shape index (κ1) is 16.7. The average molecular weight is 412 g/mol. The van der Waals surface area contributed by atoms with Gasteiger partial charge in [-0.05, 0) is 48.9 Å². The lowest BCUT2D eigenvalue weighted by molar-refractivity contribution is 0.459. The number of nitrogens with one attached hydrogen (secondary N) is 1. The minimum Gasteiger partial charge on any atom is -0.309 e. The van der Waals surface area contributed by atoms with Gasteiger partial charge in [-0.1, -0.05) is 51.8 Å². The van der Waals surface area contributed by atoms with Gasteiger partial charge in [0.2, 0.25) is 0 Å². The summed E-state index contributed by atoms with van der Waals surface area (Å²) in [4.78, 5) is 4.51. The number of aromatic nitrogens is 1. The van der Waals surface area contributed by atoms with Crippen molar-refractivity contribution < 1.29 is 0 Å². The van der Waals surface area contributed by atoms with Crippen molar-refractivity contribution in [2.75, 3.05) is 6.54 Å². The Labute approximate surface area is 143 Å². The lowest BCUT2D eigenvalue weighted by atomic mass is 9.91. The van der Waals surface area contributed by atoms with E-state index >= 15 is 0 Å².